The summed E-state index contributed by atoms with van der Waals surface area (Å²) in [6, 6.07) is 4.59. The van der Waals surface area contributed by atoms with Crippen LogP contribution >= 0.6 is 0 Å². The first kappa shape index (κ1) is 13.9. The molecule has 2 heteroatoms. The average molecular weight is 232 g/mol. The second kappa shape index (κ2) is 5.99. The molecule has 0 saturated carbocycles. The van der Waals surface area contributed by atoms with E-state index in [1.165, 1.54) is 27.8 Å². The molecule has 1 rings (SSSR count). The van der Waals surface area contributed by atoms with Crippen molar-refractivity contribution in [3.8, 4) is 0 Å². The smallest absolute Gasteiger partial charge is 0.0502 e. The Morgan fingerprint density at radius 3 is 2.24 bits per heavy atom. The lowest BCUT2D eigenvalue weighted by molar-refractivity contribution is 0.540. The van der Waals surface area contributed by atoms with Gasteiger partial charge in [0, 0.05) is 0 Å². The molecule has 94 valence electrons. The van der Waals surface area contributed by atoms with E-state index >= 15 is 0 Å². The maximum absolute atomic E-state index is 5.69. The van der Waals surface area contributed by atoms with E-state index in [2.05, 4.69) is 51.8 Å². The van der Waals surface area contributed by atoms with Crippen molar-refractivity contribution in [3.05, 3.63) is 46.5 Å². The molecule has 1 unspecified atom stereocenters. The number of nitrogens with one attached hydrogen (secondary N) is 1. The van der Waals surface area contributed by atoms with Gasteiger partial charge in [0.15, 0.2) is 0 Å². The zero-order chi connectivity index (χ0) is 13.0. The van der Waals surface area contributed by atoms with Crippen molar-refractivity contribution >= 4 is 0 Å². The number of aryl methyl sites for hydroxylation is 3. The lowest BCUT2D eigenvalue weighted by Gasteiger charge is -2.22. The Hall–Kier alpha value is -1.12. The normalized spacial score (nSPS) is 12.5. The number of hydrogen-bond acceptors (Lipinski definition) is 2. The first-order valence-electron chi connectivity index (χ1n) is 6.20. The highest BCUT2D eigenvalue weighted by Gasteiger charge is 2.15. The van der Waals surface area contributed by atoms with Crippen LogP contribution in [-0.2, 0) is 0 Å². The predicted molar refractivity (Wildman–Crippen MR) is 74.8 cm³/mol. The van der Waals surface area contributed by atoms with E-state index in [-0.39, 0.29) is 6.04 Å². The zero-order valence-electron chi connectivity index (χ0n) is 11.4. The topological polar surface area (TPSA) is 38.0 Å². The predicted octanol–water partition coefficient (Wildman–Crippen LogP) is 3.47. The number of hydrogen-bond donors (Lipinski definition) is 2. The highest BCUT2D eigenvalue weighted by atomic mass is 15.2. The second-order valence-corrected chi connectivity index (χ2v) is 4.84. The van der Waals surface area contributed by atoms with Gasteiger partial charge in [-0.2, -0.15) is 0 Å². The van der Waals surface area contributed by atoms with Crippen LogP contribution in [0.25, 0.3) is 0 Å². The highest BCUT2D eigenvalue weighted by molar-refractivity contribution is 5.40. The van der Waals surface area contributed by atoms with Crippen LogP contribution in [0.2, 0.25) is 0 Å². The summed E-state index contributed by atoms with van der Waals surface area (Å²) in [6.07, 6.45) is 1.90. The molecule has 0 spiro atoms. The average Bonchev–Trinajstić information content (AvgIpc) is 2.25. The van der Waals surface area contributed by atoms with Crippen molar-refractivity contribution in [1.82, 2.24) is 5.43 Å². The fourth-order valence-corrected chi connectivity index (χ4v) is 2.42. The molecule has 0 heterocycles. The quantitative estimate of drug-likeness (QED) is 0.463. The summed E-state index contributed by atoms with van der Waals surface area (Å²) in [5, 5.41) is 0. The summed E-state index contributed by atoms with van der Waals surface area (Å²) < 4.78 is 0. The van der Waals surface area contributed by atoms with Crippen molar-refractivity contribution in [3.63, 3.8) is 0 Å². The minimum atomic E-state index is 0.169. The molecule has 1 atom stereocenters. The van der Waals surface area contributed by atoms with Crippen LogP contribution in [-0.4, -0.2) is 0 Å². The Bertz CT molecular complexity index is 384. The van der Waals surface area contributed by atoms with Crippen LogP contribution < -0.4 is 11.3 Å². The first-order chi connectivity index (χ1) is 7.99. The monoisotopic (exact) mass is 232 g/mol. The number of rotatable bonds is 5. The van der Waals surface area contributed by atoms with Gasteiger partial charge in [0.05, 0.1) is 6.04 Å². The SMILES string of the molecule is C=C(CC)CC(NN)c1c(C)cc(C)cc1C. The van der Waals surface area contributed by atoms with Gasteiger partial charge in [0.2, 0.25) is 0 Å². The molecule has 0 saturated heterocycles. The summed E-state index contributed by atoms with van der Waals surface area (Å²) in [5.41, 5.74) is 9.37. The molecule has 0 aliphatic rings. The molecule has 3 N–H and O–H groups in total. The molecule has 0 bridgehead atoms. The summed E-state index contributed by atoms with van der Waals surface area (Å²) in [5.74, 6) is 5.69. The maximum atomic E-state index is 5.69. The Morgan fingerprint density at radius 1 is 1.29 bits per heavy atom. The van der Waals surface area contributed by atoms with E-state index in [4.69, 9.17) is 5.84 Å². The van der Waals surface area contributed by atoms with Crippen LogP contribution in [0.1, 0.15) is 48.1 Å². The van der Waals surface area contributed by atoms with Crippen molar-refractivity contribution in [1.29, 1.82) is 0 Å². The van der Waals surface area contributed by atoms with Gasteiger partial charge in [-0.1, -0.05) is 36.8 Å². The summed E-state index contributed by atoms with van der Waals surface area (Å²) in [6.45, 7) is 12.6. The minimum Gasteiger partial charge on any atom is -0.271 e. The molecule has 2 nitrogen and oxygen atoms in total. The van der Waals surface area contributed by atoms with Crippen LogP contribution in [0.5, 0.6) is 0 Å². The van der Waals surface area contributed by atoms with E-state index in [0.29, 0.717) is 0 Å². The van der Waals surface area contributed by atoms with Crippen LogP contribution in [0.15, 0.2) is 24.3 Å². The Kier molecular flexibility index (Phi) is 4.91. The summed E-state index contributed by atoms with van der Waals surface area (Å²) in [7, 11) is 0. The van der Waals surface area contributed by atoms with Crippen molar-refractivity contribution in [2.24, 2.45) is 5.84 Å². The maximum Gasteiger partial charge on any atom is 0.0502 e. The van der Waals surface area contributed by atoms with Crippen molar-refractivity contribution < 1.29 is 0 Å². The van der Waals surface area contributed by atoms with Gasteiger partial charge in [0.25, 0.3) is 0 Å². The standard InChI is InChI=1S/C15H24N2/c1-6-10(2)9-14(17-16)15-12(4)7-11(3)8-13(15)5/h7-8,14,17H,2,6,9,16H2,1,3-5H3. The third-order valence-corrected chi connectivity index (χ3v) is 3.28. The molecule has 0 aliphatic heterocycles. The third kappa shape index (κ3) is 3.42. The van der Waals surface area contributed by atoms with Crippen LogP contribution in [0.4, 0.5) is 0 Å². The van der Waals surface area contributed by atoms with Gasteiger partial charge in [-0.05, 0) is 50.3 Å². The Labute approximate surface area is 105 Å². The molecule has 0 aliphatic carbocycles. The lowest BCUT2D eigenvalue weighted by Crippen LogP contribution is -2.29. The number of hydrazine groups is 1. The third-order valence-electron chi connectivity index (χ3n) is 3.28. The largest absolute Gasteiger partial charge is 0.271 e. The molecule has 0 aromatic heterocycles. The number of nitrogens with two attached hydrogens (primary N) is 1. The van der Waals surface area contributed by atoms with Crippen LogP contribution in [0, 0.1) is 20.8 Å². The number of benzene rings is 1. The molecule has 1 aromatic carbocycles. The van der Waals surface area contributed by atoms with E-state index in [1.54, 1.807) is 0 Å². The van der Waals surface area contributed by atoms with Crippen molar-refractivity contribution in [2.45, 2.75) is 46.6 Å². The summed E-state index contributed by atoms with van der Waals surface area (Å²) >= 11 is 0. The zero-order valence-corrected chi connectivity index (χ0v) is 11.4. The van der Waals surface area contributed by atoms with Crippen LogP contribution in [0.3, 0.4) is 0 Å². The second-order valence-electron chi connectivity index (χ2n) is 4.84. The molecular formula is C15H24N2. The minimum absolute atomic E-state index is 0.169. The first-order valence-corrected chi connectivity index (χ1v) is 6.20. The fourth-order valence-electron chi connectivity index (χ4n) is 2.42. The fraction of sp³-hybridized carbons (Fsp3) is 0.467. The van der Waals surface area contributed by atoms with Gasteiger partial charge in [-0.3, -0.25) is 11.3 Å². The summed E-state index contributed by atoms with van der Waals surface area (Å²) in [4.78, 5) is 0. The van der Waals surface area contributed by atoms with E-state index < -0.39 is 0 Å². The molecule has 0 fully saturated rings. The Morgan fingerprint density at radius 2 is 1.82 bits per heavy atom. The van der Waals surface area contributed by atoms with Crippen molar-refractivity contribution in [2.75, 3.05) is 0 Å². The van der Waals surface area contributed by atoms with E-state index in [1.807, 2.05) is 0 Å². The van der Waals surface area contributed by atoms with Gasteiger partial charge >= 0.3 is 0 Å². The van der Waals surface area contributed by atoms with Gasteiger partial charge < -0.3 is 0 Å². The molecule has 0 amide bonds. The van der Waals surface area contributed by atoms with Gasteiger partial charge in [-0.15, -0.1) is 0 Å². The van der Waals surface area contributed by atoms with Gasteiger partial charge in [0.1, 0.15) is 0 Å². The van der Waals surface area contributed by atoms with Gasteiger partial charge in [-0.25, -0.2) is 0 Å². The van der Waals surface area contributed by atoms with E-state index in [0.717, 1.165) is 12.8 Å². The lowest BCUT2D eigenvalue weighted by atomic mass is 9.90. The van der Waals surface area contributed by atoms with E-state index in [9.17, 15) is 0 Å². The molecule has 0 radical (unpaired) electrons. The molecular weight excluding hydrogens is 208 g/mol. The molecule has 1 aromatic rings. The molecule has 17 heavy (non-hydrogen) atoms. The Balaban J connectivity index is 3.07. The highest BCUT2D eigenvalue weighted by Crippen LogP contribution is 2.27.